The maximum atomic E-state index is 4.87. The van der Waals surface area contributed by atoms with Crippen LogP contribution in [0.4, 0.5) is 11.5 Å². The van der Waals surface area contributed by atoms with Crippen LogP contribution in [0.3, 0.4) is 0 Å². The van der Waals surface area contributed by atoms with Crippen LogP contribution in [0, 0.1) is 0 Å². The van der Waals surface area contributed by atoms with Gasteiger partial charge in [0.2, 0.25) is 0 Å². The first-order valence-corrected chi connectivity index (χ1v) is 11.6. The molecule has 1 aromatic heterocycles. The number of hydrogen-bond acceptors (Lipinski definition) is 5. The van der Waals surface area contributed by atoms with Gasteiger partial charge in [-0.05, 0) is 68.9 Å². The lowest BCUT2D eigenvalue weighted by Crippen LogP contribution is -2.44. The Morgan fingerprint density at radius 1 is 1.20 bits per heavy atom. The average Bonchev–Trinajstić information content (AvgIpc) is 3.28. The molecule has 2 aromatic rings. The number of aryl methyl sites for hydroxylation is 1. The summed E-state index contributed by atoms with van der Waals surface area (Å²) in [7, 11) is 2.26. The van der Waals surface area contributed by atoms with Gasteiger partial charge in [-0.15, -0.1) is 0 Å². The van der Waals surface area contributed by atoms with E-state index in [2.05, 4.69) is 66.1 Å². The minimum Gasteiger partial charge on any atom is -0.325 e. The Morgan fingerprint density at radius 3 is 2.77 bits per heavy atom. The first-order chi connectivity index (χ1) is 14.5. The normalized spacial score (nSPS) is 22.7. The molecule has 5 nitrogen and oxygen atoms in total. The molecule has 1 fully saturated rings. The van der Waals surface area contributed by atoms with Crippen molar-refractivity contribution in [1.29, 1.82) is 0 Å². The number of hydrogen-bond donors (Lipinski definition) is 1. The lowest BCUT2D eigenvalue weighted by Gasteiger charge is -2.39. The highest BCUT2D eigenvalue weighted by molar-refractivity contribution is 5.75. The molecule has 30 heavy (non-hydrogen) atoms. The molecule has 5 heteroatoms. The standard InChI is InChI=1S/C25H35N5/c1-17(2)26-14-19-6-5-7-21-23(19)25(10-12-29(4)13-11-25)15-30(21)24-22-18(3)8-9-20(22)27-16-28-24/h5-7,16-18,26H,8-15H2,1-4H3. The third-order valence-electron chi connectivity index (χ3n) is 7.56. The Hall–Kier alpha value is -1.98. The molecular weight excluding hydrogens is 370 g/mol. The fraction of sp³-hybridized carbons (Fsp3) is 0.600. The van der Waals surface area contributed by atoms with Crippen molar-refractivity contribution >= 4 is 11.5 Å². The Balaban J connectivity index is 1.62. The largest absolute Gasteiger partial charge is 0.325 e. The molecule has 3 heterocycles. The number of nitrogens with one attached hydrogen (secondary N) is 1. The van der Waals surface area contributed by atoms with E-state index in [1.165, 1.54) is 41.8 Å². The summed E-state index contributed by atoms with van der Waals surface area (Å²) in [6, 6.07) is 7.39. The predicted octanol–water partition coefficient (Wildman–Crippen LogP) is 4.14. The third-order valence-corrected chi connectivity index (χ3v) is 7.56. The second-order valence-electron chi connectivity index (χ2n) is 10.0. The van der Waals surface area contributed by atoms with E-state index in [0.29, 0.717) is 12.0 Å². The van der Waals surface area contributed by atoms with E-state index in [-0.39, 0.29) is 5.41 Å². The van der Waals surface area contributed by atoms with E-state index < -0.39 is 0 Å². The summed E-state index contributed by atoms with van der Waals surface area (Å²) in [6.07, 6.45) is 6.50. The number of anilines is 2. The van der Waals surface area contributed by atoms with Gasteiger partial charge in [0.15, 0.2) is 0 Å². The Morgan fingerprint density at radius 2 is 2.00 bits per heavy atom. The Kier molecular flexibility index (Phi) is 5.06. The van der Waals surface area contributed by atoms with E-state index in [1.54, 1.807) is 11.9 Å². The zero-order valence-corrected chi connectivity index (χ0v) is 18.9. The summed E-state index contributed by atoms with van der Waals surface area (Å²) < 4.78 is 0. The molecule has 160 valence electrons. The Labute approximate surface area is 180 Å². The van der Waals surface area contributed by atoms with Crippen LogP contribution in [0.5, 0.6) is 0 Å². The minimum absolute atomic E-state index is 0.219. The van der Waals surface area contributed by atoms with Crippen molar-refractivity contribution in [2.45, 2.75) is 70.4 Å². The minimum atomic E-state index is 0.219. The molecule has 0 saturated carbocycles. The fourth-order valence-electron chi connectivity index (χ4n) is 5.83. The van der Waals surface area contributed by atoms with Gasteiger partial charge < -0.3 is 15.1 Å². The molecule has 1 N–H and O–H groups in total. The molecule has 0 radical (unpaired) electrons. The van der Waals surface area contributed by atoms with Crippen LogP contribution in [0.1, 0.15) is 68.3 Å². The summed E-state index contributed by atoms with van der Waals surface area (Å²) in [6.45, 7) is 11.1. The van der Waals surface area contributed by atoms with Crippen molar-refractivity contribution < 1.29 is 0 Å². The van der Waals surface area contributed by atoms with Crippen molar-refractivity contribution in [1.82, 2.24) is 20.2 Å². The van der Waals surface area contributed by atoms with Gasteiger partial charge in [-0.25, -0.2) is 9.97 Å². The molecule has 1 saturated heterocycles. The van der Waals surface area contributed by atoms with Gasteiger partial charge in [0.05, 0.1) is 0 Å². The number of fused-ring (bicyclic) bond motifs is 3. The lowest BCUT2D eigenvalue weighted by atomic mass is 9.72. The van der Waals surface area contributed by atoms with Crippen molar-refractivity contribution in [2.24, 2.45) is 0 Å². The molecule has 1 spiro atoms. The van der Waals surface area contributed by atoms with Gasteiger partial charge in [0.1, 0.15) is 12.1 Å². The number of nitrogens with zero attached hydrogens (tertiary/aromatic N) is 4. The highest BCUT2D eigenvalue weighted by Crippen LogP contribution is 2.52. The molecule has 0 amide bonds. The molecular formula is C25H35N5. The smallest absolute Gasteiger partial charge is 0.140 e. The monoisotopic (exact) mass is 405 g/mol. The molecule has 1 atom stereocenters. The molecule has 3 aliphatic rings. The van der Waals surface area contributed by atoms with Crippen molar-refractivity contribution in [3.63, 3.8) is 0 Å². The Bertz CT molecular complexity index is 929. The van der Waals surface area contributed by atoms with E-state index >= 15 is 0 Å². The second kappa shape index (κ2) is 7.61. The summed E-state index contributed by atoms with van der Waals surface area (Å²) in [5, 5.41) is 3.67. The van der Waals surface area contributed by atoms with Crippen LogP contribution in [-0.4, -0.2) is 47.6 Å². The van der Waals surface area contributed by atoms with E-state index in [4.69, 9.17) is 4.98 Å². The van der Waals surface area contributed by atoms with Gasteiger partial charge in [0, 0.05) is 41.5 Å². The summed E-state index contributed by atoms with van der Waals surface area (Å²) in [5.41, 5.74) is 7.28. The number of likely N-dealkylation sites (tertiary alicyclic amines) is 1. The molecule has 1 aromatic carbocycles. The number of benzene rings is 1. The van der Waals surface area contributed by atoms with Gasteiger partial charge in [-0.2, -0.15) is 0 Å². The zero-order chi connectivity index (χ0) is 20.9. The summed E-state index contributed by atoms with van der Waals surface area (Å²) >= 11 is 0. The number of piperidine rings is 1. The van der Waals surface area contributed by atoms with Gasteiger partial charge >= 0.3 is 0 Å². The van der Waals surface area contributed by atoms with Crippen molar-refractivity contribution in [3.8, 4) is 0 Å². The summed E-state index contributed by atoms with van der Waals surface area (Å²) in [5.74, 6) is 1.70. The first-order valence-electron chi connectivity index (χ1n) is 11.6. The van der Waals surface area contributed by atoms with Gasteiger partial charge in [0.25, 0.3) is 0 Å². The van der Waals surface area contributed by atoms with Crippen molar-refractivity contribution in [2.75, 3.05) is 31.6 Å². The molecule has 2 aliphatic heterocycles. The number of aromatic nitrogens is 2. The van der Waals surface area contributed by atoms with Crippen LogP contribution < -0.4 is 10.2 Å². The zero-order valence-electron chi connectivity index (χ0n) is 18.9. The highest BCUT2D eigenvalue weighted by Gasteiger charge is 2.47. The van der Waals surface area contributed by atoms with Crippen LogP contribution in [-0.2, 0) is 18.4 Å². The fourth-order valence-corrected chi connectivity index (χ4v) is 5.83. The van der Waals surface area contributed by atoms with E-state index in [9.17, 15) is 0 Å². The highest BCUT2D eigenvalue weighted by atomic mass is 15.2. The molecule has 5 rings (SSSR count). The third kappa shape index (κ3) is 3.23. The van der Waals surface area contributed by atoms with Crippen LogP contribution in [0.15, 0.2) is 24.5 Å². The summed E-state index contributed by atoms with van der Waals surface area (Å²) in [4.78, 5) is 14.5. The molecule has 0 bridgehead atoms. The quantitative estimate of drug-likeness (QED) is 0.828. The van der Waals surface area contributed by atoms with Crippen LogP contribution >= 0.6 is 0 Å². The van der Waals surface area contributed by atoms with Gasteiger partial charge in [-0.3, -0.25) is 0 Å². The average molecular weight is 406 g/mol. The first kappa shape index (κ1) is 20.0. The van der Waals surface area contributed by atoms with Crippen LogP contribution in [0.25, 0.3) is 0 Å². The maximum absolute atomic E-state index is 4.87. The van der Waals surface area contributed by atoms with Crippen molar-refractivity contribution in [3.05, 3.63) is 46.9 Å². The molecule has 1 unspecified atom stereocenters. The maximum Gasteiger partial charge on any atom is 0.140 e. The predicted molar refractivity (Wildman–Crippen MR) is 123 cm³/mol. The lowest BCUT2D eigenvalue weighted by molar-refractivity contribution is 0.197. The number of rotatable bonds is 4. The van der Waals surface area contributed by atoms with E-state index in [0.717, 1.165) is 38.4 Å². The van der Waals surface area contributed by atoms with Gasteiger partial charge in [-0.1, -0.05) is 32.9 Å². The van der Waals surface area contributed by atoms with E-state index in [1.807, 2.05) is 0 Å². The topological polar surface area (TPSA) is 44.3 Å². The SMILES string of the molecule is CC(C)NCc1cccc2c1C1(CCN(C)CC1)CN2c1ncnc2c1C(C)CC2. The molecule has 1 aliphatic carbocycles. The second-order valence-corrected chi connectivity index (χ2v) is 10.0. The van der Waals surface area contributed by atoms with Crippen LogP contribution in [0.2, 0.25) is 0 Å².